The molecule has 2 rings (SSSR count). The van der Waals surface area contributed by atoms with E-state index in [1.807, 2.05) is 6.92 Å². The molecule has 2 unspecified atom stereocenters. The Hall–Kier alpha value is -0.430. The van der Waals surface area contributed by atoms with Gasteiger partial charge in [0.25, 0.3) is 0 Å². The Morgan fingerprint density at radius 3 is 2.58 bits per heavy atom. The van der Waals surface area contributed by atoms with E-state index in [-0.39, 0.29) is 0 Å². The van der Waals surface area contributed by atoms with Gasteiger partial charge in [-0.3, -0.25) is 0 Å². The molecule has 1 aliphatic heterocycles. The molecule has 19 heavy (non-hydrogen) atoms. The molecule has 1 aromatic rings. The standard InChI is InChI=1S/C13H22N2O2S2/c1-4-14-6-12-5-13(9-18-12)19(16,17)15-7-10(2)11(3)8-15/h5,9-11,14H,4,6-8H2,1-3H3. The Morgan fingerprint density at radius 1 is 1.37 bits per heavy atom. The predicted octanol–water partition coefficient (Wildman–Crippen LogP) is 2.13. The van der Waals surface area contributed by atoms with Crippen LogP contribution in [-0.2, 0) is 16.6 Å². The van der Waals surface area contributed by atoms with Crippen LogP contribution >= 0.6 is 11.3 Å². The normalized spacial score (nSPS) is 25.0. The first-order valence-electron chi connectivity index (χ1n) is 6.73. The van der Waals surface area contributed by atoms with E-state index >= 15 is 0 Å². The minimum atomic E-state index is -3.29. The monoisotopic (exact) mass is 302 g/mol. The van der Waals surface area contributed by atoms with Gasteiger partial charge in [-0.05, 0) is 24.4 Å². The largest absolute Gasteiger partial charge is 0.312 e. The molecule has 0 bridgehead atoms. The van der Waals surface area contributed by atoms with E-state index in [1.54, 1.807) is 15.8 Å². The van der Waals surface area contributed by atoms with Crippen LogP contribution in [0.5, 0.6) is 0 Å². The lowest BCUT2D eigenvalue weighted by Crippen LogP contribution is -2.28. The van der Waals surface area contributed by atoms with Crippen molar-refractivity contribution in [2.45, 2.75) is 32.2 Å². The molecule has 0 saturated carbocycles. The summed E-state index contributed by atoms with van der Waals surface area (Å²) in [6.07, 6.45) is 0. The molecule has 108 valence electrons. The SMILES string of the molecule is CCNCc1cc(S(=O)(=O)N2CC(C)C(C)C2)cs1. The molecule has 1 N–H and O–H groups in total. The maximum Gasteiger partial charge on any atom is 0.243 e. The fourth-order valence-electron chi connectivity index (χ4n) is 2.26. The molecule has 1 aromatic heterocycles. The second-order valence-corrected chi connectivity index (χ2v) is 8.24. The number of nitrogens with zero attached hydrogens (tertiary/aromatic N) is 1. The summed E-state index contributed by atoms with van der Waals surface area (Å²) < 4.78 is 26.7. The number of hydrogen-bond acceptors (Lipinski definition) is 4. The summed E-state index contributed by atoms with van der Waals surface area (Å²) in [5, 5.41) is 4.97. The molecule has 1 fully saturated rings. The molecule has 1 saturated heterocycles. The van der Waals surface area contributed by atoms with Gasteiger partial charge in [0.2, 0.25) is 10.0 Å². The highest BCUT2D eigenvalue weighted by Crippen LogP contribution is 2.29. The molecule has 0 aromatic carbocycles. The maximum atomic E-state index is 12.5. The zero-order valence-corrected chi connectivity index (χ0v) is 13.4. The molecule has 0 aliphatic carbocycles. The van der Waals surface area contributed by atoms with Gasteiger partial charge in [-0.2, -0.15) is 4.31 Å². The van der Waals surface area contributed by atoms with Crippen LogP contribution in [0.1, 0.15) is 25.6 Å². The van der Waals surface area contributed by atoms with Gasteiger partial charge in [-0.1, -0.05) is 20.8 Å². The minimum Gasteiger partial charge on any atom is -0.312 e. The number of sulfonamides is 1. The van der Waals surface area contributed by atoms with Crippen molar-refractivity contribution in [1.82, 2.24) is 9.62 Å². The van der Waals surface area contributed by atoms with E-state index in [9.17, 15) is 8.42 Å². The fourth-order valence-corrected chi connectivity index (χ4v) is 5.13. The van der Waals surface area contributed by atoms with Crippen LogP contribution in [0.4, 0.5) is 0 Å². The van der Waals surface area contributed by atoms with Gasteiger partial charge in [0.1, 0.15) is 0 Å². The molecule has 4 nitrogen and oxygen atoms in total. The smallest absolute Gasteiger partial charge is 0.243 e. The van der Waals surface area contributed by atoms with Crippen LogP contribution in [0.3, 0.4) is 0 Å². The van der Waals surface area contributed by atoms with Crippen LogP contribution in [0.25, 0.3) is 0 Å². The Kier molecular flexibility index (Phi) is 4.66. The third kappa shape index (κ3) is 3.18. The maximum absolute atomic E-state index is 12.5. The van der Waals surface area contributed by atoms with Crippen molar-refractivity contribution >= 4 is 21.4 Å². The number of hydrogen-bond donors (Lipinski definition) is 1. The van der Waals surface area contributed by atoms with E-state index < -0.39 is 10.0 Å². The molecular weight excluding hydrogens is 280 g/mol. The quantitative estimate of drug-likeness (QED) is 0.906. The Morgan fingerprint density at radius 2 is 2.00 bits per heavy atom. The number of thiophene rings is 1. The summed E-state index contributed by atoms with van der Waals surface area (Å²) in [6, 6.07) is 1.80. The molecular formula is C13H22N2O2S2. The zero-order chi connectivity index (χ0) is 14.0. The highest BCUT2D eigenvalue weighted by Gasteiger charge is 2.35. The topological polar surface area (TPSA) is 49.4 Å². The van der Waals surface area contributed by atoms with Gasteiger partial charge in [-0.15, -0.1) is 11.3 Å². The first-order valence-corrected chi connectivity index (χ1v) is 9.05. The minimum absolute atomic E-state index is 0.439. The van der Waals surface area contributed by atoms with Crippen LogP contribution in [0, 0.1) is 11.8 Å². The van der Waals surface area contributed by atoms with Crippen LogP contribution in [-0.4, -0.2) is 32.4 Å². The second-order valence-electron chi connectivity index (χ2n) is 5.31. The third-order valence-corrected chi connectivity index (χ3v) is 6.67. The van der Waals surface area contributed by atoms with Crippen molar-refractivity contribution in [3.8, 4) is 0 Å². The summed E-state index contributed by atoms with van der Waals surface area (Å²) in [4.78, 5) is 1.52. The lowest BCUT2D eigenvalue weighted by Gasteiger charge is -2.14. The van der Waals surface area contributed by atoms with E-state index in [2.05, 4.69) is 19.2 Å². The van der Waals surface area contributed by atoms with Gasteiger partial charge < -0.3 is 5.32 Å². The Bertz CT molecular complexity index is 515. The van der Waals surface area contributed by atoms with Gasteiger partial charge in [-0.25, -0.2) is 8.42 Å². The summed E-state index contributed by atoms with van der Waals surface area (Å²) in [5.74, 6) is 0.879. The summed E-state index contributed by atoms with van der Waals surface area (Å²) >= 11 is 1.51. The van der Waals surface area contributed by atoms with Gasteiger partial charge in [0, 0.05) is 29.9 Å². The predicted molar refractivity (Wildman–Crippen MR) is 78.8 cm³/mol. The summed E-state index contributed by atoms with van der Waals surface area (Å²) in [7, 11) is -3.29. The Labute approximate surface area is 119 Å². The van der Waals surface area contributed by atoms with Crippen LogP contribution in [0.15, 0.2) is 16.3 Å². The van der Waals surface area contributed by atoms with Gasteiger partial charge in [0.15, 0.2) is 0 Å². The van der Waals surface area contributed by atoms with Gasteiger partial charge in [0.05, 0.1) is 4.90 Å². The molecule has 0 radical (unpaired) electrons. The molecule has 1 aliphatic rings. The first-order chi connectivity index (χ1) is 8.95. The lowest BCUT2D eigenvalue weighted by atomic mass is 10.0. The van der Waals surface area contributed by atoms with E-state index in [4.69, 9.17) is 0 Å². The average Bonchev–Trinajstić information content (AvgIpc) is 2.95. The fraction of sp³-hybridized carbons (Fsp3) is 0.692. The van der Waals surface area contributed by atoms with Crippen molar-refractivity contribution in [2.75, 3.05) is 19.6 Å². The van der Waals surface area contributed by atoms with E-state index in [0.29, 0.717) is 29.8 Å². The van der Waals surface area contributed by atoms with Crippen LogP contribution in [0.2, 0.25) is 0 Å². The molecule has 0 spiro atoms. The van der Waals surface area contributed by atoms with E-state index in [0.717, 1.165) is 18.0 Å². The molecule has 0 amide bonds. The molecule has 6 heteroatoms. The highest BCUT2D eigenvalue weighted by atomic mass is 32.2. The number of nitrogens with one attached hydrogen (secondary N) is 1. The lowest BCUT2D eigenvalue weighted by molar-refractivity contribution is 0.463. The number of rotatable bonds is 5. The Balaban J connectivity index is 2.14. The van der Waals surface area contributed by atoms with Gasteiger partial charge >= 0.3 is 0 Å². The van der Waals surface area contributed by atoms with Crippen molar-refractivity contribution in [2.24, 2.45) is 11.8 Å². The highest BCUT2D eigenvalue weighted by molar-refractivity contribution is 7.89. The van der Waals surface area contributed by atoms with Crippen LogP contribution < -0.4 is 5.32 Å². The zero-order valence-electron chi connectivity index (χ0n) is 11.7. The molecule has 2 atom stereocenters. The van der Waals surface area contributed by atoms with E-state index in [1.165, 1.54) is 11.3 Å². The average molecular weight is 302 g/mol. The van der Waals surface area contributed by atoms with Crippen molar-refractivity contribution in [3.05, 3.63) is 16.3 Å². The van der Waals surface area contributed by atoms with Crippen molar-refractivity contribution < 1.29 is 8.42 Å². The first kappa shape index (κ1) is 15.0. The molecule has 2 heterocycles. The second kappa shape index (κ2) is 5.91. The summed E-state index contributed by atoms with van der Waals surface area (Å²) in [6.45, 7) is 9.18. The third-order valence-electron chi connectivity index (χ3n) is 3.77. The van der Waals surface area contributed by atoms with Crippen molar-refractivity contribution in [3.63, 3.8) is 0 Å². The van der Waals surface area contributed by atoms with Crippen molar-refractivity contribution in [1.29, 1.82) is 0 Å². The summed E-state index contributed by atoms with van der Waals surface area (Å²) in [5.41, 5.74) is 0.